The van der Waals surface area contributed by atoms with Crippen molar-refractivity contribution in [1.82, 2.24) is 0 Å². The average Bonchev–Trinajstić information content (AvgIpc) is 2.51. The Hall–Kier alpha value is -0.560. The van der Waals surface area contributed by atoms with Crippen LogP contribution in [0.1, 0.15) is 32.6 Å². The van der Waals surface area contributed by atoms with Gasteiger partial charge in [0.15, 0.2) is 0 Å². The Labute approximate surface area is 91.9 Å². The molecule has 1 nitrogen and oxygen atoms in total. The molecule has 1 saturated carbocycles. The van der Waals surface area contributed by atoms with E-state index in [2.05, 4.69) is 24.3 Å². The molecule has 0 aromatic rings. The van der Waals surface area contributed by atoms with Gasteiger partial charge in [0.1, 0.15) is 0 Å². The van der Waals surface area contributed by atoms with Gasteiger partial charge in [-0.3, -0.25) is 0 Å². The number of aliphatic hydroxyl groups is 1. The molecule has 1 fully saturated rings. The Balaban J connectivity index is 2.01. The lowest BCUT2D eigenvalue weighted by Crippen LogP contribution is -2.37. The molecule has 0 aromatic heterocycles. The summed E-state index contributed by atoms with van der Waals surface area (Å²) in [5.41, 5.74) is -0.497. The lowest BCUT2D eigenvalue weighted by molar-refractivity contribution is 0.000578. The molecule has 5 atom stereocenters. The van der Waals surface area contributed by atoms with Crippen molar-refractivity contribution in [2.45, 2.75) is 38.2 Å². The van der Waals surface area contributed by atoms with Crippen molar-refractivity contribution in [2.75, 3.05) is 0 Å². The standard InChI is InChI=1S/C14H20O/c1-14(15)12-8-4-2-6-10(12)11-7-3-5-9-13(11)14/h4-5,8-13,15H,2-3,6-7H2,1H3/t10-,11+,12-,13-,14?/m1/s1. The van der Waals surface area contributed by atoms with Crippen LogP contribution >= 0.6 is 0 Å². The normalized spacial score (nSPS) is 52.7. The largest absolute Gasteiger partial charge is 0.389 e. The van der Waals surface area contributed by atoms with Gasteiger partial charge >= 0.3 is 0 Å². The molecule has 0 aromatic carbocycles. The molecule has 0 bridgehead atoms. The lowest BCUT2D eigenvalue weighted by atomic mass is 9.77. The van der Waals surface area contributed by atoms with Gasteiger partial charge in [0.05, 0.1) is 5.60 Å². The number of rotatable bonds is 0. The van der Waals surface area contributed by atoms with E-state index in [1.165, 1.54) is 25.7 Å². The fraction of sp³-hybridized carbons (Fsp3) is 0.714. The van der Waals surface area contributed by atoms with Crippen LogP contribution in [0, 0.1) is 23.7 Å². The monoisotopic (exact) mass is 204 g/mol. The van der Waals surface area contributed by atoms with Crippen LogP contribution in [0.4, 0.5) is 0 Å². The minimum Gasteiger partial charge on any atom is -0.389 e. The highest BCUT2D eigenvalue weighted by Gasteiger charge is 2.55. The molecule has 3 aliphatic rings. The van der Waals surface area contributed by atoms with Gasteiger partial charge in [-0.2, -0.15) is 0 Å². The van der Waals surface area contributed by atoms with Crippen LogP contribution in [0.5, 0.6) is 0 Å². The van der Waals surface area contributed by atoms with Gasteiger partial charge < -0.3 is 5.11 Å². The molecule has 1 unspecified atom stereocenters. The van der Waals surface area contributed by atoms with Gasteiger partial charge in [-0.15, -0.1) is 0 Å². The van der Waals surface area contributed by atoms with Gasteiger partial charge in [-0.05, 0) is 44.4 Å². The van der Waals surface area contributed by atoms with Crippen molar-refractivity contribution in [3.8, 4) is 0 Å². The van der Waals surface area contributed by atoms with Crippen molar-refractivity contribution < 1.29 is 5.11 Å². The fourth-order valence-corrected chi connectivity index (χ4v) is 4.15. The van der Waals surface area contributed by atoms with Gasteiger partial charge in [0.25, 0.3) is 0 Å². The first kappa shape index (κ1) is 9.65. The van der Waals surface area contributed by atoms with Crippen LogP contribution in [0.25, 0.3) is 0 Å². The zero-order valence-electron chi connectivity index (χ0n) is 9.39. The summed E-state index contributed by atoms with van der Waals surface area (Å²) in [5, 5.41) is 10.7. The maximum atomic E-state index is 10.7. The summed E-state index contributed by atoms with van der Waals surface area (Å²) < 4.78 is 0. The van der Waals surface area contributed by atoms with Gasteiger partial charge in [-0.1, -0.05) is 24.3 Å². The molecule has 82 valence electrons. The smallest absolute Gasteiger partial charge is 0.0749 e. The molecule has 0 radical (unpaired) electrons. The molecule has 3 aliphatic carbocycles. The number of fused-ring (bicyclic) bond motifs is 3. The van der Waals surface area contributed by atoms with Crippen molar-refractivity contribution in [1.29, 1.82) is 0 Å². The van der Waals surface area contributed by atoms with E-state index in [0.717, 1.165) is 11.8 Å². The quantitative estimate of drug-likeness (QED) is 0.601. The van der Waals surface area contributed by atoms with E-state index in [1.54, 1.807) is 0 Å². The Morgan fingerprint density at radius 2 is 1.47 bits per heavy atom. The predicted molar refractivity (Wildman–Crippen MR) is 61.3 cm³/mol. The minimum absolute atomic E-state index is 0.406. The third-order valence-corrected chi connectivity index (χ3v) is 4.84. The van der Waals surface area contributed by atoms with E-state index in [0.29, 0.717) is 11.8 Å². The molecule has 0 aliphatic heterocycles. The maximum Gasteiger partial charge on any atom is 0.0749 e. The zero-order valence-corrected chi connectivity index (χ0v) is 9.39. The summed E-state index contributed by atoms with van der Waals surface area (Å²) in [6, 6.07) is 0. The van der Waals surface area contributed by atoms with Crippen LogP contribution in [0.3, 0.4) is 0 Å². The Bertz CT molecular complexity index is 283. The molecular formula is C14H20O. The summed E-state index contributed by atoms with van der Waals surface area (Å²) in [7, 11) is 0. The van der Waals surface area contributed by atoms with E-state index < -0.39 is 5.60 Å². The van der Waals surface area contributed by atoms with Crippen molar-refractivity contribution >= 4 is 0 Å². The molecule has 3 rings (SSSR count). The first-order valence-electron chi connectivity index (χ1n) is 6.27. The summed E-state index contributed by atoms with van der Waals surface area (Å²) in [5.74, 6) is 2.29. The van der Waals surface area contributed by atoms with Crippen LogP contribution in [0.2, 0.25) is 0 Å². The molecule has 0 spiro atoms. The maximum absolute atomic E-state index is 10.7. The Morgan fingerprint density at radius 1 is 1.00 bits per heavy atom. The molecule has 1 heteroatoms. The molecular weight excluding hydrogens is 184 g/mol. The second-order valence-corrected chi connectivity index (χ2v) is 5.62. The van der Waals surface area contributed by atoms with E-state index in [1.807, 2.05) is 6.92 Å². The van der Waals surface area contributed by atoms with Crippen LogP contribution in [-0.4, -0.2) is 10.7 Å². The Morgan fingerprint density at radius 3 is 1.93 bits per heavy atom. The summed E-state index contributed by atoms with van der Waals surface area (Å²) >= 11 is 0. The SMILES string of the molecule is CC1(O)[C@@H]2C=CCC[C@@H]2[C@@H]2CCC=C[C@H]21. The van der Waals surface area contributed by atoms with Crippen LogP contribution < -0.4 is 0 Å². The zero-order chi connectivity index (χ0) is 10.5. The fourth-order valence-electron chi connectivity index (χ4n) is 4.15. The van der Waals surface area contributed by atoms with Gasteiger partial charge in [0.2, 0.25) is 0 Å². The van der Waals surface area contributed by atoms with Gasteiger partial charge in [-0.25, -0.2) is 0 Å². The minimum atomic E-state index is -0.497. The highest BCUT2D eigenvalue weighted by molar-refractivity contribution is 5.20. The predicted octanol–water partition coefficient (Wildman–Crippen LogP) is 2.92. The first-order chi connectivity index (χ1) is 7.21. The van der Waals surface area contributed by atoms with Crippen LogP contribution in [0.15, 0.2) is 24.3 Å². The van der Waals surface area contributed by atoms with Gasteiger partial charge in [0, 0.05) is 11.8 Å². The number of hydrogen-bond donors (Lipinski definition) is 1. The second kappa shape index (κ2) is 3.21. The number of hydrogen-bond acceptors (Lipinski definition) is 1. The molecule has 0 saturated heterocycles. The third-order valence-electron chi connectivity index (χ3n) is 4.84. The van der Waals surface area contributed by atoms with Crippen LogP contribution in [-0.2, 0) is 0 Å². The number of allylic oxidation sites excluding steroid dienone is 2. The van der Waals surface area contributed by atoms with Crippen molar-refractivity contribution in [2.24, 2.45) is 23.7 Å². The molecule has 0 amide bonds. The first-order valence-corrected chi connectivity index (χ1v) is 6.27. The lowest BCUT2D eigenvalue weighted by Gasteiger charge is -2.31. The van der Waals surface area contributed by atoms with E-state index in [-0.39, 0.29) is 0 Å². The topological polar surface area (TPSA) is 20.2 Å². The van der Waals surface area contributed by atoms with E-state index >= 15 is 0 Å². The molecule has 0 heterocycles. The highest BCUT2D eigenvalue weighted by Crippen LogP contribution is 2.55. The van der Waals surface area contributed by atoms with Crippen molar-refractivity contribution in [3.63, 3.8) is 0 Å². The summed E-state index contributed by atoms with van der Waals surface area (Å²) in [6.07, 6.45) is 14.1. The van der Waals surface area contributed by atoms with Crippen molar-refractivity contribution in [3.05, 3.63) is 24.3 Å². The summed E-state index contributed by atoms with van der Waals surface area (Å²) in [4.78, 5) is 0. The second-order valence-electron chi connectivity index (χ2n) is 5.62. The highest BCUT2D eigenvalue weighted by atomic mass is 16.3. The average molecular weight is 204 g/mol. The Kier molecular flexibility index (Phi) is 2.07. The molecule has 15 heavy (non-hydrogen) atoms. The third kappa shape index (κ3) is 1.25. The summed E-state index contributed by atoms with van der Waals surface area (Å²) in [6.45, 7) is 2.04. The van der Waals surface area contributed by atoms with E-state index in [9.17, 15) is 5.11 Å². The molecule has 1 N–H and O–H groups in total. The van der Waals surface area contributed by atoms with E-state index in [4.69, 9.17) is 0 Å².